The lowest BCUT2D eigenvalue weighted by molar-refractivity contribution is -0.122. The molecule has 0 heterocycles. The maximum Gasteiger partial charge on any atom is 0.221 e. The highest BCUT2D eigenvalue weighted by Crippen LogP contribution is 2.30. The van der Waals surface area contributed by atoms with Gasteiger partial charge in [0.05, 0.1) is 0 Å². The molecule has 0 atom stereocenters. The molecule has 0 spiro atoms. The molecular formula is C17H26N2OS. The van der Waals surface area contributed by atoms with Crippen LogP contribution in [0.15, 0.2) is 35.2 Å². The second-order valence-corrected chi connectivity index (χ2v) is 6.95. The molecule has 21 heavy (non-hydrogen) atoms. The van der Waals surface area contributed by atoms with Crippen LogP contribution in [0, 0.1) is 0 Å². The predicted octanol–water partition coefficient (Wildman–Crippen LogP) is 3.21. The lowest BCUT2D eigenvalue weighted by Gasteiger charge is -2.36. The van der Waals surface area contributed by atoms with Gasteiger partial charge in [-0.2, -0.15) is 0 Å². The van der Waals surface area contributed by atoms with Crippen molar-refractivity contribution in [1.29, 1.82) is 0 Å². The van der Waals surface area contributed by atoms with Crippen molar-refractivity contribution in [2.45, 2.75) is 49.0 Å². The first kappa shape index (κ1) is 16.4. The molecule has 0 aromatic heterocycles. The zero-order valence-corrected chi connectivity index (χ0v) is 13.7. The monoisotopic (exact) mass is 306 g/mol. The Morgan fingerprint density at radius 1 is 1.19 bits per heavy atom. The minimum atomic E-state index is 0.0366. The molecule has 0 radical (unpaired) electrons. The van der Waals surface area contributed by atoms with E-state index in [9.17, 15) is 4.79 Å². The fraction of sp³-hybridized carbons (Fsp3) is 0.588. The number of rotatable bonds is 7. The molecule has 1 aliphatic carbocycles. The lowest BCUT2D eigenvalue weighted by Crippen LogP contribution is -2.48. The van der Waals surface area contributed by atoms with Gasteiger partial charge >= 0.3 is 0 Å². The minimum Gasteiger partial charge on any atom is -0.355 e. The number of benzene rings is 1. The summed E-state index contributed by atoms with van der Waals surface area (Å²) in [5, 5.41) is 6.46. The summed E-state index contributed by atoms with van der Waals surface area (Å²) < 4.78 is 0. The van der Waals surface area contributed by atoms with Gasteiger partial charge in [0.1, 0.15) is 0 Å². The van der Waals surface area contributed by atoms with Gasteiger partial charge in [-0.25, -0.2) is 0 Å². The highest BCUT2D eigenvalue weighted by Gasteiger charge is 2.32. The van der Waals surface area contributed by atoms with Gasteiger partial charge in [0.15, 0.2) is 0 Å². The van der Waals surface area contributed by atoms with Gasteiger partial charge in [-0.3, -0.25) is 4.79 Å². The number of amides is 1. The van der Waals surface area contributed by atoms with Crippen LogP contribution in [-0.4, -0.2) is 30.8 Å². The summed E-state index contributed by atoms with van der Waals surface area (Å²) >= 11 is 1.78. The molecule has 1 aromatic carbocycles. The Kier molecular flexibility index (Phi) is 6.58. The van der Waals surface area contributed by atoms with Crippen LogP contribution >= 0.6 is 11.8 Å². The van der Waals surface area contributed by atoms with Gasteiger partial charge in [-0.15, -0.1) is 11.8 Å². The Bertz CT molecular complexity index is 430. The summed E-state index contributed by atoms with van der Waals surface area (Å²) in [6.45, 7) is 0.734. The Labute approximate surface area is 132 Å². The molecular weight excluding hydrogens is 280 g/mol. The second kappa shape index (κ2) is 8.44. The molecule has 4 heteroatoms. The van der Waals surface area contributed by atoms with E-state index in [-0.39, 0.29) is 11.4 Å². The van der Waals surface area contributed by atoms with Crippen LogP contribution in [0.25, 0.3) is 0 Å². The van der Waals surface area contributed by atoms with E-state index in [2.05, 4.69) is 22.8 Å². The summed E-state index contributed by atoms with van der Waals surface area (Å²) in [6.07, 6.45) is 6.62. The molecule has 1 saturated carbocycles. The van der Waals surface area contributed by atoms with Crippen molar-refractivity contribution in [3.8, 4) is 0 Å². The number of thioether (sulfide) groups is 1. The number of carbonyl (C=O) groups excluding carboxylic acids is 1. The van der Waals surface area contributed by atoms with Crippen LogP contribution in [0.3, 0.4) is 0 Å². The summed E-state index contributed by atoms with van der Waals surface area (Å²) in [5.41, 5.74) is 0.0366. The van der Waals surface area contributed by atoms with Crippen LogP contribution in [0.1, 0.15) is 38.5 Å². The topological polar surface area (TPSA) is 41.1 Å². The average molecular weight is 306 g/mol. The minimum absolute atomic E-state index is 0.0366. The maximum absolute atomic E-state index is 12.1. The molecule has 1 amide bonds. The van der Waals surface area contributed by atoms with Crippen LogP contribution in [0.4, 0.5) is 0 Å². The van der Waals surface area contributed by atoms with E-state index >= 15 is 0 Å². The number of hydrogen-bond acceptors (Lipinski definition) is 3. The van der Waals surface area contributed by atoms with E-state index in [0.29, 0.717) is 6.42 Å². The Hall–Kier alpha value is -1.00. The Morgan fingerprint density at radius 3 is 2.57 bits per heavy atom. The highest BCUT2D eigenvalue weighted by molar-refractivity contribution is 7.99. The highest BCUT2D eigenvalue weighted by atomic mass is 32.2. The molecule has 3 nitrogen and oxygen atoms in total. The van der Waals surface area contributed by atoms with Gasteiger partial charge in [0.25, 0.3) is 0 Å². The van der Waals surface area contributed by atoms with Crippen molar-refractivity contribution >= 4 is 17.7 Å². The van der Waals surface area contributed by atoms with E-state index in [4.69, 9.17) is 0 Å². The summed E-state index contributed by atoms with van der Waals surface area (Å²) in [5.74, 6) is 1.10. The molecule has 0 unspecified atom stereocenters. The van der Waals surface area contributed by atoms with Crippen LogP contribution in [0.2, 0.25) is 0 Å². The number of hydrogen-bond donors (Lipinski definition) is 2. The van der Waals surface area contributed by atoms with Crippen LogP contribution in [-0.2, 0) is 4.79 Å². The molecule has 116 valence electrons. The molecule has 1 fully saturated rings. The molecule has 0 aliphatic heterocycles. The smallest absolute Gasteiger partial charge is 0.221 e. The first-order chi connectivity index (χ1) is 10.2. The van der Waals surface area contributed by atoms with Gasteiger partial charge in [0.2, 0.25) is 5.91 Å². The van der Waals surface area contributed by atoms with Gasteiger partial charge in [-0.05, 0) is 32.0 Å². The van der Waals surface area contributed by atoms with Crippen molar-refractivity contribution in [3.63, 3.8) is 0 Å². The Morgan fingerprint density at radius 2 is 1.90 bits per heavy atom. The first-order valence-electron chi connectivity index (χ1n) is 7.88. The van der Waals surface area contributed by atoms with Gasteiger partial charge in [-0.1, -0.05) is 37.5 Å². The second-order valence-electron chi connectivity index (χ2n) is 5.78. The van der Waals surface area contributed by atoms with E-state index in [0.717, 1.165) is 25.1 Å². The fourth-order valence-corrected chi connectivity index (χ4v) is 3.78. The molecule has 1 aliphatic rings. The third-order valence-electron chi connectivity index (χ3n) is 4.28. The zero-order chi connectivity index (χ0) is 15.0. The van der Waals surface area contributed by atoms with Gasteiger partial charge in [0, 0.05) is 29.2 Å². The van der Waals surface area contributed by atoms with Crippen molar-refractivity contribution in [2.75, 3.05) is 19.3 Å². The van der Waals surface area contributed by atoms with E-state index in [1.165, 1.54) is 24.2 Å². The molecule has 0 bridgehead atoms. The van der Waals surface area contributed by atoms with Crippen molar-refractivity contribution in [3.05, 3.63) is 30.3 Å². The van der Waals surface area contributed by atoms with Crippen molar-refractivity contribution in [2.24, 2.45) is 0 Å². The third kappa shape index (κ3) is 5.36. The van der Waals surface area contributed by atoms with E-state index in [1.807, 2.05) is 25.2 Å². The first-order valence-corrected chi connectivity index (χ1v) is 8.86. The summed E-state index contributed by atoms with van der Waals surface area (Å²) in [6, 6.07) is 10.3. The molecule has 2 rings (SSSR count). The SMILES string of the molecule is CNC1(CC(=O)NCCSc2ccccc2)CCCCC1. The normalized spacial score (nSPS) is 17.4. The van der Waals surface area contributed by atoms with Crippen LogP contribution in [0.5, 0.6) is 0 Å². The van der Waals surface area contributed by atoms with Crippen molar-refractivity contribution in [1.82, 2.24) is 10.6 Å². The number of carbonyl (C=O) groups is 1. The standard InChI is InChI=1S/C17H26N2OS/c1-18-17(10-6-3-7-11-17)14-16(20)19-12-13-21-15-8-4-2-5-9-15/h2,4-5,8-9,18H,3,6-7,10-14H2,1H3,(H,19,20). The average Bonchev–Trinajstić information content (AvgIpc) is 2.53. The zero-order valence-electron chi connectivity index (χ0n) is 12.9. The van der Waals surface area contributed by atoms with Gasteiger partial charge < -0.3 is 10.6 Å². The third-order valence-corrected chi connectivity index (χ3v) is 5.29. The molecule has 0 saturated heterocycles. The number of nitrogens with one attached hydrogen (secondary N) is 2. The Balaban J connectivity index is 1.67. The fourth-order valence-electron chi connectivity index (χ4n) is 2.99. The van der Waals surface area contributed by atoms with Crippen LogP contribution < -0.4 is 10.6 Å². The molecule has 1 aromatic rings. The largest absolute Gasteiger partial charge is 0.355 e. The van der Waals surface area contributed by atoms with E-state index < -0.39 is 0 Å². The summed E-state index contributed by atoms with van der Waals surface area (Å²) in [7, 11) is 1.99. The quantitative estimate of drug-likeness (QED) is 0.600. The van der Waals surface area contributed by atoms with Crippen molar-refractivity contribution < 1.29 is 4.79 Å². The predicted molar refractivity (Wildman–Crippen MR) is 89.7 cm³/mol. The lowest BCUT2D eigenvalue weighted by atomic mass is 9.79. The molecule has 2 N–H and O–H groups in total. The van der Waals surface area contributed by atoms with E-state index in [1.54, 1.807) is 11.8 Å². The summed E-state index contributed by atoms with van der Waals surface area (Å²) in [4.78, 5) is 13.4. The maximum atomic E-state index is 12.1.